The zero-order valence-electron chi connectivity index (χ0n) is 15.7. The van der Waals surface area contributed by atoms with Gasteiger partial charge in [-0.15, -0.1) is 0 Å². The Hall–Kier alpha value is -2.04. The summed E-state index contributed by atoms with van der Waals surface area (Å²) in [4.78, 5) is 31.7. The van der Waals surface area contributed by atoms with E-state index in [2.05, 4.69) is 36.1 Å². The lowest BCUT2D eigenvalue weighted by atomic mass is 10.1. The van der Waals surface area contributed by atoms with E-state index in [-0.39, 0.29) is 23.7 Å². The molecule has 1 aliphatic carbocycles. The molecule has 2 unspecified atom stereocenters. The van der Waals surface area contributed by atoms with Crippen molar-refractivity contribution in [2.45, 2.75) is 32.6 Å². The first-order chi connectivity index (χ1) is 12.6. The van der Waals surface area contributed by atoms with E-state index in [4.69, 9.17) is 0 Å². The minimum atomic E-state index is -0.0602. The summed E-state index contributed by atoms with van der Waals surface area (Å²) < 4.78 is 0. The minimum absolute atomic E-state index is 0.0459. The highest BCUT2D eigenvalue weighted by Gasteiger charge is 2.51. The number of aryl methyl sites for hydroxylation is 1. The van der Waals surface area contributed by atoms with Crippen molar-refractivity contribution in [1.29, 1.82) is 0 Å². The van der Waals surface area contributed by atoms with Gasteiger partial charge in [0, 0.05) is 45.0 Å². The predicted molar refractivity (Wildman–Crippen MR) is 102 cm³/mol. The molecule has 140 valence electrons. The Morgan fingerprint density at radius 3 is 2.08 bits per heavy atom. The molecule has 2 amide bonds. The van der Waals surface area contributed by atoms with Crippen LogP contribution in [0.3, 0.4) is 0 Å². The van der Waals surface area contributed by atoms with E-state index in [9.17, 15) is 9.59 Å². The molecule has 2 heterocycles. The van der Waals surface area contributed by atoms with Crippen molar-refractivity contribution in [2.75, 3.05) is 44.2 Å². The number of likely N-dealkylation sites (tertiary alicyclic amines) is 1. The summed E-state index contributed by atoms with van der Waals surface area (Å²) in [6.07, 6.45) is 4.20. The van der Waals surface area contributed by atoms with Gasteiger partial charge >= 0.3 is 0 Å². The maximum atomic E-state index is 12.8. The summed E-state index contributed by atoms with van der Waals surface area (Å²) in [6, 6.07) is 8.53. The Morgan fingerprint density at radius 2 is 1.46 bits per heavy atom. The van der Waals surface area contributed by atoms with E-state index < -0.39 is 0 Å². The van der Waals surface area contributed by atoms with Crippen molar-refractivity contribution in [3.63, 3.8) is 0 Å². The Morgan fingerprint density at radius 1 is 0.846 bits per heavy atom. The molecule has 1 aromatic rings. The van der Waals surface area contributed by atoms with E-state index in [1.807, 2.05) is 9.80 Å². The van der Waals surface area contributed by atoms with Crippen molar-refractivity contribution in [3.8, 4) is 0 Å². The van der Waals surface area contributed by atoms with Gasteiger partial charge in [-0.05, 0) is 50.3 Å². The average molecular weight is 355 g/mol. The van der Waals surface area contributed by atoms with Crippen molar-refractivity contribution in [3.05, 3.63) is 29.8 Å². The number of piperazine rings is 1. The smallest absolute Gasteiger partial charge is 0.226 e. The molecule has 0 aromatic heterocycles. The molecule has 5 heteroatoms. The number of rotatable bonds is 3. The summed E-state index contributed by atoms with van der Waals surface area (Å²) in [5, 5.41) is 0. The molecule has 5 nitrogen and oxygen atoms in total. The van der Waals surface area contributed by atoms with Crippen molar-refractivity contribution in [1.82, 2.24) is 9.80 Å². The molecular weight excluding hydrogens is 326 g/mol. The van der Waals surface area contributed by atoms with E-state index in [0.717, 1.165) is 58.5 Å². The maximum Gasteiger partial charge on any atom is 0.226 e. The fraction of sp³-hybridized carbons (Fsp3) is 0.619. The molecule has 0 spiro atoms. The molecule has 3 fully saturated rings. The lowest BCUT2D eigenvalue weighted by Crippen LogP contribution is -2.49. The second-order valence-electron chi connectivity index (χ2n) is 7.99. The van der Waals surface area contributed by atoms with Gasteiger partial charge in [0.2, 0.25) is 11.8 Å². The van der Waals surface area contributed by atoms with E-state index >= 15 is 0 Å². The Balaban J connectivity index is 1.28. The molecule has 0 bridgehead atoms. The van der Waals surface area contributed by atoms with Gasteiger partial charge in [-0.2, -0.15) is 0 Å². The van der Waals surface area contributed by atoms with E-state index in [1.165, 1.54) is 17.7 Å². The first kappa shape index (κ1) is 17.4. The Bertz CT molecular complexity index is 676. The minimum Gasteiger partial charge on any atom is -0.368 e. The number of benzene rings is 1. The van der Waals surface area contributed by atoms with Gasteiger partial charge in [0.15, 0.2) is 0 Å². The third-order valence-electron chi connectivity index (χ3n) is 6.05. The van der Waals surface area contributed by atoms with Crippen LogP contribution in [0.15, 0.2) is 24.3 Å². The van der Waals surface area contributed by atoms with Crippen LogP contribution in [0.2, 0.25) is 0 Å². The number of anilines is 1. The number of nitrogens with zero attached hydrogens (tertiary/aromatic N) is 3. The second kappa shape index (κ2) is 7.29. The molecule has 2 atom stereocenters. The zero-order chi connectivity index (χ0) is 18.1. The first-order valence-corrected chi connectivity index (χ1v) is 10.0. The van der Waals surface area contributed by atoms with Crippen molar-refractivity contribution in [2.24, 2.45) is 11.8 Å². The lowest BCUT2D eigenvalue weighted by molar-refractivity contribution is -0.138. The van der Waals surface area contributed by atoms with Gasteiger partial charge in [-0.1, -0.05) is 12.1 Å². The van der Waals surface area contributed by atoms with Crippen LogP contribution >= 0.6 is 0 Å². The first-order valence-electron chi connectivity index (χ1n) is 10.0. The SMILES string of the molecule is Cc1cccc(N2CCN(C(=O)C3CC3C(=O)N3CCCCC3)CC2)c1. The number of piperidine rings is 1. The summed E-state index contributed by atoms with van der Waals surface area (Å²) in [7, 11) is 0. The molecule has 1 aromatic carbocycles. The fourth-order valence-corrected chi connectivity index (χ4v) is 4.33. The molecular formula is C21H29N3O2. The Labute approximate surface area is 155 Å². The zero-order valence-corrected chi connectivity index (χ0v) is 15.7. The van der Waals surface area contributed by atoms with Gasteiger partial charge in [0.25, 0.3) is 0 Å². The van der Waals surface area contributed by atoms with Crippen LogP contribution in [-0.2, 0) is 9.59 Å². The summed E-state index contributed by atoms with van der Waals surface area (Å²) in [5.41, 5.74) is 2.50. The molecule has 2 saturated heterocycles. The monoisotopic (exact) mass is 355 g/mol. The number of hydrogen-bond donors (Lipinski definition) is 0. The summed E-state index contributed by atoms with van der Waals surface area (Å²) >= 11 is 0. The Kier molecular flexibility index (Phi) is 4.88. The topological polar surface area (TPSA) is 43.9 Å². The van der Waals surface area contributed by atoms with Crippen LogP contribution in [0.5, 0.6) is 0 Å². The standard InChI is InChI=1S/C21H29N3O2/c1-16-6-5-7-17(14-16)22-10-12-24(13-11-22)21(26)19-15-18(19)20(25)23-8-3-2-4-9-23/h5-7,14,18-19H,2-4,8-13,15H2,1H3. The fourth-order valence-electron chi connectivity index (χ4n) is 4.33. The highest BCUT2D eigenvalue weighted by molar-refractivity contribution is 5.92. The quantitative estimate of drug-likeness (QED) is 0.836. The van der Waals surface area contributed by atoms with E-state index in [0.29, 0.717) is 0 Å². The predicted octanol–water partition coefficient (Wildman–Crippen LogP) is 2.29. The molecule has 26 heavy (non-hydrogen) atoms. The average Bonchev–Trinajstić information content (AvgIpc) is 3.48. The molecule has 0 radical (unpaired) electrons. The molecule has 2 aliphatic heterocycles. The van der Waals surface area contributed by atoms with Gasteiger partial charge in [-0.25, -0.2) is 0 Å². The molecule has 0 N–H and O–H groups in total. The van der Waals surface area contributed by atoms with Crippen molar-refractivity contribution >= 4 is 17.5 Å². The number of carbonyl (C=O) groups is 2. The molecule has 4 rings (SSSR count). The summed E-state index contributed by atoms with van der Waals surface area (Å²) in [5.74, 6) is 0.316. The van der Waals surface area contributed by atoms with Gasteiger partial charge in [0.1, 0.15) is 0 Å². The third kappa shape index (κ3) is 3.57. The summed E-state index contributed by atoms with van der Waals surface area (Å²) in [6.45, 7) is 7.12. The van der Waals surface area contributed by atoms with Crippen LogP contribution in [-0.4, -0.2) is 60.9 Å². The highest BCUT2D eigenvalue weighted by Crippen LogP contribution is 2.42. The van der Waals surface area contributed by atoms with Crippen LogP contribution in [0.1, 0.15) is 31.2 Å². The molecule has 3 aliphatic rings. The van der Waals surface area contributed by atoms with Crippen LogP contribution in [0, 0.1) is 18.8 Å². The highest BCUT2D eigenvalue weighted by atomic mass is 16.2. The third-order valence-corrected chi connectivity index (χ3v) is 6.05. The number of amides is 2. The van der Waals surface area contributed by atoms with Gasteiger partial charge < -0.3 is 14.7 Å². The van der Waals surface area contributed by atoms with Crippen LogP contribution in [0.25, 0.3) is 0 Å². The van der Waals surface area contributed by atoms with Crippen LogP contribution < -0.4 is 4.90 Å². The second-order valence-corrected chi connectivity index (χ2v) is 7.99. The normalized spacial score (nSPS) is 26.0. The van der Waals surface area contributed by atoms with Crippen LogP contribution in [0.4, 0.5) is 5.69 Å². The maximum absolute atomic E-state index is 12.8. The van der Waals surface area contributed by atoms with Gasteiger partial charge in [0.05, 0.1) is 11.8 Å². The molecule has 1 saturated carbocycles. The van der Waals surface area contributed by atoms with E-state index in [1.54, 1.807) is 0 Å². The lowest BCUT2D eigenvalue weighted by Gasteiger charge is -2.36. The number of carbonyl (C=O) groups excluding carboxylic acids is 2. The van der Waals surface area contributed by atoms with Gasteiger partial charge in [-0.3, -0.25) is 9.59 Å². The van der Waals surface area contributed by atoms with Crippen molar-refractivity contribution < 1.29 is 9.59 Å². The largest absolute Gasteiger partial charge is 0.368 e. The number of hydrogen-bond acceptors (Lipinski definition) is 3.